The quantitative estimate of drug-likeness (QED) is 0.173. The lowest BCUT2D eigenvalue weighted by Crippen LogP contribution is -1.93. The van der Waals surface area contributed by atoms with Crippen LogP contribution in [-0.2, 0) is 0 Å². The minimum absolute atomic E-state index is 0.868. The molecule has 0 aliphatic carbocycles. The SMILES string of the molecule is c1ccc2c(-c3c4ccccc4c(-c4ccc(-c5ccc6oc7ccc8oc9ccccc9c8c7c6c5)c5ccccc45)c4ccccc34)cccc2c1. The predicted molar refractivity (Wildman–Crippen MR) is 227 cm³/mol. The van der Waals surface area contributed by atoms with Crippen molar-refractivity contribution in [1.82, 2.24) is 0 Å². The summed E-state index contributed by atoms with van der Waals surface area (Å²) in [6.07, 6.45) is 0. The van der Waals surface area contributed by atoms with Gasteiger partial charge in [0.1, 0.15) is 22.3 Å². The summed E-state index contributed by atoms with van der Waals surface area (Å²) in [4.78, 5) is 0. The highest BCUT2D eigenvalue weighted by atomic mass is 16.3. The zero-order valence-electron chi connectivity index (χ0n) is 29.1. The van der Waals surface area contributed by atoms with Crippen LogP contribution < -0.4 is 0 Å². The third kappa shape index (κ3) is 4.11. The van der Waals surface area contributed by atoms with Crippen molar-refractivity contribution in [2.75, 3.05) is 0 Å². The van der Waals surface area contributed by atoms with Crippen molar-refractivity contribution < 1.29 is 8.83 Å². The normalized spacial score (nSPS) is 12.1. The highest BCUT2D eigenvalue weighted by Gasteiger charge is 2.21. The number of fused-ring (bicyclic) bond motifs is 11. The molecule has 0 N–H and O–H groups in total. The molecule has 0 bridgehead atoms. The van der Waals surface area contributed by atoms with Gasteiger partial charge in [0.2, 0.25) is 0 Å². The molecular formula is C52H30O2. The van der Waals surface area contributed by atoms with E-state index in [0.29, 0.717) is 0 Å². The van der Waals surface area contributed by atoms with Gasteiger partial charge in [-0.3, -0.25) is 0 Å². The fourth-order valence-electron chi connectivity index (χ4n) is 9.17. The molecule has 0 atom stereocenters. The fraction of sp³-hybridized carbons (Fsp3) is 0. The maximum absolute atomic E-state index is 6.44. The first-order valence-electron chi connectivity index (χ1n) is 18.5. The molecule has 0 aliphatic heterocycles. The van der Waals surface area contributed by atoms with Gasteiger partial charge in [-0.05, 0) is 107 Å². The molecule has 0 amide bonds. The van der Waals surface area contributed by atoms with Crippen molar-refractivity contribution in [2.24, 2.45) is 0 Å². The van der Waals surface area contributed by atoms with E-state index in [1.54, 1.807) is 0 Å². The topological polar surface area (TPSA) is 26.3 Å². The van der Waals surface area contributed by atoms with Crippen molar-refractivity contribution in [3.63, 3.8) is 0 Å². The molecule has 0 aliphatic rings. The van der Waals surface area contributed by atoms with Crippen LogP contribution in [-0.4, -0.2) is 0 Å². The molecule has 2 nitrogen and oxygen atoms in total. The van der Waals surface area contributed by atoms with Crippen LogP contribution in [0.2, 0.25) is 0 Å². The number of furan rings is 2. The third-order valence-electron chi connectivity index (χ3n) is 11.5. The average Bonchev–Trinajstić information content (AvgIpc) is 3.80. The lowest BCUT2D eigenvalue weighted by atomic mass is 9.83. The van der Waals surface area contributed by atoms with Gasteiger partial charge in [0, 0.05) is 21.5 Å². The van der Waals surface area contributed by atoms with Crippen LogP contribution in [0.15, 0.2) is 191 Å². The minimum atomic E-state index is 0.868. The molecule has 54 heavy (non-hydrogen) atoms. The van der Waals surface area contributed by atoms with E-state index in [4.69, 9.17) is 8.83 Å². The van der Waals surface area contributed by atoms with Gasteiger partial charge in [-0.2, -0.15) is 0 Å². The molecule has 2 aromatic heterocycles. The maximum Gasteiger partial charge on any atom is 0.136 e. The van der Waals surface area contributed by atoms with Crippen LogP contribution in [0.4, 0.5) is 0 Å². The van der Waals surface area contributed by atoms with E-state index in [1.165, 1.54) is 70.9 Å². The Kier molecular flexibility index (Phi) is 6.09. The number of hydrogen-bond donors (Lipinski definition) is 0. The van der Waals surface area contributed by atoms with Gasteiger partial charge in [0.15, 0.2) is 0 Å². The van der Waals surface area contributed by atoms with Gasteiger partial charge < -0.3 is 8.83 Å². The summed E-state index contributed by atoms with van der Waals surface area (Å²) in [6.45, 7) is 0. The molecule has 0 unspecified atom stereocenters. The minimum Gasteiger partial charge on any atom is -0.456 e. The first kappa shape index (κ1) is 29.4. The van der Waals surface area contributed by atoms with Crippen LogP contribution in [0.1, 0.15) is 0 Å². The molecule has 0 saturated carbocycles. The predicted octanol–water partition coefficient (Wildman–Crippen LogP) is 15.1. The van der Waals surface area contributed by atoms with Crippen LogP contribution >= 0.6 is 0 Å². The number of benzene rings is 10. The van der Waals surface area contributed by atoms with Gasteiger partial charge in [0.25, 0.3) is 0 Å². The molecule has 10 aromatic carbocycles. The highest BCUT2D eigenvalue weighted by Crippen LogP contribution is 2.48. The van der Waals surface area contributed by atoms with E-state index in [2.05, 4.69) is 158 Å². The van der Waals surface area contributed by atoms with E-state index in [9.17, 15) is 0 Å². The van der Waals surface area contributed by atoms with E-state index in [1.807, 2.05) is 24.3 Å². The largest absolute Gasteiger partial charge is 0.456 e. The van der Waals surface area contributed by atoms with Crippen molar-refractivity contribution in [1.29, 1.82) is 0 Å². The summed E-state index contributed by atoms with van der Waals surface area (Å²) in [7, 11) is 0. The summed E-state index contributed by atoms with van der Waals surface area (Å²) in [5, 5.41) is 14.4. The lowest BCUT2D eigenvalue weighted by Gasteiger charge is -2.20. The van der Waals surface area contributed by atoms with Gasteiger partial charge in [0.05, 0.1) is 0 Å². The average molecular weight is 687 g/mol. The maximum atomic E-state index is 6.44. The molecule has 12 aromatic rings. The molecule has 12 rings (SSSR count). The molecule has 2 heterocycles. The zero-order chi connectivity index (χ0) is 35.3. The number of rotatable bonds is 3. The van der Waals surface area contributed by atoms with Crippen molar-refractivity contribution in [3.05, 3.63) is 182 Å². The second kappa shape index (κ2) is 11.2. The third-order valence-corrected chi connectivity index (χ3v) is 11.5. The smallest absolute Gasteiger partial charge is 0.136 e. The van der Waals surface area contributed by atoms with E-state index in [-0.39, 0.29) is 0 Å². The Bertz CT molecular complexity index is 3440. The Labute approximate surface area is 310 Å². The first-order chi connectivity index (χ1) is 26.8. The van der Waals surface area contributed by atoms with Gasteiger partial charge in [-0.15, -0.1) is 0 Å². The lowest BCUT2D eigenvalue weighted by molar-refractivity contribution is 0.663. The fourth-order valence-corrected chi connectivity index (χ4v) is 9.17. The monoisotopic (exact) mass is 686 g/mol. The molecule has 0 radical (unpaired) electrons. The van der Waals surface area contributed by atoms with Gasteiger partial charge in [-0.25, -0.2) is 0 Å². The van der Waals surface area contributed by atoms with E-state index in [0.717, 1.165) is 49.4 Å². The molecule has 0 fully saturated rings. The van der Waals surface area contributed by atoms with E-state index < -0.39 is 0 Å². The summed E-state index contributed by atoms with van der Waals surface area (Å²) in [5.41, 5.74) is 10.9. The Morgan fingerprint density at radius 2 is 0.704 bits per heavy atom. The zero-order valence-corrected chi connectivity index (χ0v) is 29.1. The van der Waals surface area contributed by atoms with Gasteiger partial charge in [-0.1, -0.05) is 152 Å². The molecule has 0 saturated heterocycles. The first-order valence-corrected chi connectivity index (χ1v) is 18.5. The van der Waals surface area contributed by atoms with Crippen molar-refractivity contribution in [3.8, 4) is 33.4 Å². The van der Waals surface area contributed by atoms with E-state index >= 15 is 0 Å². The molecular weight excluding hydrogens is 657 g/mol. The molecule has 2 heteroatoms. The number of hydrogen-bond acceptors (Lipinski definition) is 2. The van der Waals surface area contributed by atoms with Crippen LogP contribution in [0, 0.1) is 0 Å². The Hall–Kier alpha value is -7.16. The second-order valence-electron chi connectivity index (χ2n) is 14.3. The summed E-state index contributed by atoms with van der Waals surface area (Å²) in [6, 6.07) is 65.7. The summed E-state index contributed by atoms with van der Waals surface area (Å²) in [5.74, 6) is 0. The van der Waals surface area contributed by atoms with Crippen molar-refractivity contribution >= 4 is 87.0 Å². The Morgan fingerprint density at radius 1 is 0.259 bits per heavy atom. The standard InChI is InChI=1S/C52H30O2/c1-2-14-33-31(12-1)13-11-22-37(33)49-38-17-5-7-19-40(38)50(41-20-8-6-18-39(41)49)42-26-25-34(35-15-3-4-16-36(35)42)32-24-27-46-44(30-32)52-48(54-46)29-28-47-51(52)43-21-9-10-23-45(43)53-47/h1-30H. The van der Waals surface area contributed by atoms with Crippen LogP contribution in [0.3, 0.4) is 0 Å². The number of para-hydroxylation sites is 1. The summed E-state index contributed by atoms with van der Waals surface area (Å²) >= 11 is 0. The highest BCUT2D eigenvalue weighted by molar-refractivity contribution is 6.27. The van der Waals surface area contributed by atoms with Crippen LogP contribution in [0.25, 0.3) is 120 Å². The Balaban J connectivity index is 1.12. The van der Waals surface area contributed by atoms with Crippen LogP contribution in [0.5, 0.6) is 0 Å². The Morgan fingerprint density at radius 3 is 1.37 bits per heavy atom. The second-order valence-corrected chi connectivity index (χ2v) is 14.3. The molecule has 250 valence electrons. The summed E-state index contributed by atoms with van der Waals surface area (Å²) < 4.78 is 12.7. The van der Waals surface area contributed by atoms with Crippen molar-refractivity contribution in [2.45, 2.75) is 0 Å². The molecule has 0 spiro atoms. The van der Waals surface area contributed by atoms with Gasteiger partial charge >= 0.3 is 0 Å².